The molecule has 31 heavy (non-hydrogen) atoms. The molecular weight excluding hydrogens is 453 g/mol. The predicted molar refractivity (Wildman–Crippen MR) is 112 cm³/mol. The quantitative estimate of drug-likeness (QED) is 0.356. The second-order valence-corrected chi connectivity index (χ2v) is 7.00. The average molecular weight is 466 g/mol. The van der Waals surface area contributed by atoms with Gasteiger partial charge in [0.05, 0.1) is 20.6 Å². The van der Waals surface area contributed by atoms with Gasteiger partial charge in [0, 0.05) is 12.1 Å². The topological polar surface area (TPSA) is 138 Å². The zero-order chi connectivity index (χ0) is 22.7. The molecule has 0 aliphatic heterocycles. The number of halogens is 2. The second kappa shape index (κ2) is 9.02. The Bertz CT molecular complexity index is 1160. The van der Waals surface area contributed by atoms with E-state index in [1.807, 2.05) is 0 Å². The molecule has 1 aromatic heterocycles. The molecule has 1 N–H and O–H groups in total. The summed E-state index contributed by atoms with van der Waals surface area (Å²) in [6, 6.07) is 9.80. The Balaban J connectivity index is 1.75. The van der Waals surface area contributed by atoms with Gasteiger partial charge in [-0.05, 0) is 31.2 Å². The lowest BCUT2D eigenvalue weighted by atomic mass is 10.1. The zero-order valence-corrected chi connectivity index (χ0v) is 17.3. The molecule has 1 heterocycles. The van der Waals surface area contributed by atoms with E-state index in [0.29, 0.717) is 16.5 Å². The van der Waals surface area contributed by atoms with Crippen LogP contribution in [0, 0.1) is 27.2 Å². The number of nitro groups is 2. The molecular formula is C19H13Cl2N3O7. The number of carbonyl (C=O) groups excluding carboxylic acids is 1. The van der Waals surface area contributed by atoms with Gasteiger partial charge in [-0.15, -0.1) is 0 Å². The van der Waals surface area contributed by atoms with Gasteiger partial charge >= 0.3 is 0 Å². The third kappa shape index (κ3) is 4.93. The first kappa shape index (κ1) is 22.1. The normalized spacial score (nSPS) is 10.5. The number of nitrogens with one attached hydrogen (secondary N) is 1. The fourth-order valence-corrected chi connectivity index (χ4v) is 3.00. The molecule has 0 fully saturated rings. The first-order valence-corrected chi connectivity index (χ1v) is 9.33. The number of nitro benzene ring substituents is 2. The summed E-state index contributed by atoms with van der Waals surface area (Å²) in [6.07, 6.45) is 0. The largest absolute Gasteiger partial charge is 0.484 e. The van der Waals surface area contributed by atoms with Crippen molar-refractivity contribution < 1.29 is 23.8 Å². The van der Waals surface area contributed by atoms with Crippen molar-refractivity contribution in [1.82, 2.24) is 0 Å². The third-order valence-electron chi connectivity index (χ3n) is 4.18. The van der Waals surface area contributed by atoms with Crippen molar-refractivity contribution in [2.45, 2.75) is 13.5 Å². The fraction of sp³-hybridized carbons (Fsp3) is 0.105. The lowest BCUT2D eigenvalue weighted by Crippen LogP contribution is -2.12. The molecule has 0 saturated heterocycles. The first-order valence-electron chi connectivity index (χ1n) is 8.57. The Hall–Kier alpha value is -3.63. The van der Waals surface area contributed by atoms with Crippen LogP contribution in [0.4, 0.5) is 17.1 Å². The Labute approximate surface area is 184 Å². The number of hydrogen-bond acceptors (Lipinski definition) is 7. The zero-order valence-electron chi connectivity index (χ0n) is 15.8. The van der Waals surface area contributed by atoms with E-state index in [0.717, 1.165) is 12.1 Å². The molecule has 0 radical (unpaired) electrons. The molecule has 0 aliphatic rings. The number of nitrogens with zero attached hydrogens (tertiary/aromatic N) is 2. The number of hydrogen-bond donors (Lipinski definition) is 1. The molecule has 1 amide bonds. The van der Waals surface area contributed by atoms with Gasteiger partial charge in [-0.2, -0.15) is 0 Å². The standard InChI is InChI=1S/C19H13Cl2N3O7/c1-10-14(23(26)27)7-11(8-15(10)24(28)29)22-19(25)17-6-5-12(31-17)9-30-16-4-2-3-13(20)18(16)21/h2-8H,9H2,1H3,(H,22,25). The molecule has 0 aliphatic carbocycles. The smallest absolute Gasteiger partial charge is 0.291 e. The number of furan rings is 1. The number of amides is 1. The van der Waals surface area contributed by atoms with Crippen LogP contribution in [0.3, 0.4) is 0 Å². The third-order valence-corrected chi connectivity index (χ3v) is 4.98. The van der Waals surface area contributed by atoms with Crippen molar-refractivity contribution in [3.8, 4) is 5.75 Å². The van der Waals surface area contributed by atoms with Crippen molar-refractivity contribution in [1.29, 1.82) is 0 Å². The van der Waals surface area contributed by atoms with Gasteiger partial charge in [-0.3, -0.25) is 25.0 Å². The van der Waals surface area contributed by atoms with Crippen LogP contribution in [0.5, 0.6) is 5.75 Å². The molecule has 12 heteroatoms. The molecule has 10 nitrogen and oxygen atoms in total. The van der Waals surface area contributed by atoms with Crippen LogP contribution in [-0.2, 0) is 6.61 Å². The predicted octanol–water partition coefficient (Wildman–Crippen LogP) is 5.54. The van der Waals surface area contributed by atoms with E-state index in [1.165, 1.54) is 19.1 Å². The van der Waals surface area contributed by atoms with Crippen molar-refractivity contribution >= 4 is 46.2 Å². The number of benzene rings is 2. The van der Waals surface area contributed by atoms with Crippen LogP contribution < -0.4 is 10.1 Å². The van der Waals surface area contributed by atoms with E-state index < -0.39 is 27.1 Å². The lowest BCUT2D eigenvalue weighted by molar-refractivity contribution is -0.395. The highest BCUT2D eigenvalue weighted by Gasteiger charge is 2.24. The fourth-order valence-electron chi connectivity index (χ4n) is 2.65. The van der Waals surface area contributed by atoms with Crippen molar-refractivity contribution in [2.75, 3.05) is 5.32 Å². The Kier molecular flexibility index (Phi) is 6.42. The number of carbonyl (C=O) groups is 1. The minimum atomic E-state index is -0.763. The molecule has 0 unspecified atom stereocenters. The highest BCUT2D eigenvalue weighted by Crippen LogP contribution is 2.33. The summed E-state index contributed by atoms with van der Waals surface area (Å²) >= 11 is 12.0. The first-order chi connectivity index (χ1) is 14.7. The monoisotopic (exact) mass is 465 g/mol. The van der Waals surface area contributed by atoms with E-state index in [9.17, 15) is 25.0 Å². The lowest BCUT2D eigenvalue weighted by Gasteiger charge is -2.07. The number of anilines is 1. The van der Waals surface area contributed by atoms with Crippen molar-refractivity contribution in [3.63, 3.8) is 0 Å². The SMILES string of the molecule is Cc1c([N+](=O)[O-])cc(NC(=O)c2ccc(COc3cccc(Cl)c3Cl)o2)cc1[N+](=O)[O-]. The molecule has 160 valence electrons. The highest BCUT2D eigenvalue weighted by molar-refractivity contribution is 6.42. The second-order valence-electron chi connectivity index (χ2n) is 6.21. The maximum Gasteiger partial charge on any atom is 0.291 e. The Morgan fingerprint density at radius 3 is 2.35 bits per heavy atom. The van der Waals surface area contributed by atoms with Crippen LogP contribution in [0.15, 0.2) is 46.9 Å². The highest BCUT2D eigenvalue weighted by atomic mass is 35.5. The summed E-state index contributed by atoms with van der Waals surface area (Å²) in [5, 5.41) is 25.2. The van der Waals surface area contributed by atoms with Crippen molar-refractivity contribution in [3.05, 3.63) is 89.8 Å². The van der Waals surface area contributed by atoms with Gasteiger partial charge in [0.15, 0.2) is 5.76 Å². The summed E-state index contributed by atoms with van der Waals surface area (Å²) in [5.74, 6) is -0.251. The van der Waals surface area contributed by atoms with Crippen LogP contribution in [0.1, 0.15) is 21.9 Å². The van der Waals surface area contributed by atoms with Gasteiger partial charge in [0.1, 0.15) is 28.7 Å². The summed E-state index contributed by atoms with van der Waals surface area (Å²) in [6.45, 7) is 1.21. The molecule has 0 spiro atoms. The van der Waals surface area contributed by atoms with Crippen LogP contribution >= 0.6 is 23.2 Å². The molecule has 2 aromatic carbocycles. The van der Waals surface area contributed by atoms with Gasteiger partial charge in [-0.25, -0.2) is 0 Å². The van der Waals surface area contributed by atoms with Gasteiger partial charge in [0.2, 0.25) is 0 Å². The van der Waals surface area contributed by atoms with E-state index in [4.69, 9.17) is 32.4 Å². The molecule has 0 atom stereocenters. The Morgan fingerprint density at radius 1 is 1.10 bits per heavy atom. The van der Waals surface area contributed by atoms with Crippen LogP contribution in [0.25, 0.3) is 0 Å². The summed E-state index contributed by atoms with van der Waals surface area (Å²) < 4.78 is 10.9. The maximum absolute atomic E-state index is 12.4. The molecule has 3 rings (SSSR count). The van der Waals surface area contributed by atoms with E-state index in [-0.39, 0.29) is 28.6 Å². The van der Waals surface area contributed by atoms with Gasteiger partial charge < -0.3 is 14.5 Å². The summed E-state index contributed by atoms with van der Waals surface area (Å²) in [7, 11) is 0. The van der Waals surface area contributed by atoms with Crippen LogP contribution in [0.2, 0.25) is 10.0 Å². The van der Waals surface area contributed by atoms with Gasteiger partial charge in [0.25, 0.3) is 17.3 Å². The van der Waals surface area contributed by atoms with Crippen LogP contribution in [-0.4, -0.2) is 15.8 Å². The number of rotatable bonds is 7. The molecule has 0 saturated carbocycles. The average Bonchev–Trinajstić information content (AvgIpc) is 3.19. The van der Waals surface area contributed by atoms with Gasteiger partial charge in [-0.1, -0.05) is 29.3 Å². The van der Waals surface area contributed by atoms with E-state index in [1.54, 1.807) is 18.2 Å². The minimum Gasteiger partial charge on any atom is -0.484 e. The summed E-state index contributed by atoms with van der Waals surface area (Å²) in [4.78, 5) is 33.2. The minimum absolute atomic E-state index is 0.0468. The maximum atomic E-state index is 12.4. The van der Waals surface area contributed by atoms with Crippen molar-refractivity contribution in [2.24, 2.45) is 0 Å². The number of ether oxygens (including phenoxy) is 1. The molecule has 0 bridgehead atoms. The van der Waals surface area contributed by atoms with E-state index >= 15 is 0 Å². The van der Waals surface area contributed by atoms with E-state index in [2.05, 4.69) is 5.32 Å². The Morgan fingerprint density at radius 2 is 1.74 bits per heavy atom. The summed E-state index contributed by atoms with van der Waals surface area (Å²) in [5.41, 5.74) is -1.22. The molecule has 3 aromatic rings.